The Morgan fingerprint density at radius 2 is 2.03 bits per heavy atom. The summed E-state index contributed by atoms with van der Waals surface area (Å²) in [4.78, 5) is 18.9. The standard InChI is InChI=1S/C21H22F3N3O2/c1-3-29-20(28)16-11-15-14-8-4-5-9-17(14)26(2)18(15)25-19(16)27-10-6-7-13(12-27)21(22,23)24/h4-5,8-9,11,13H,3,6-7,10,12H2,1-2H3/t13-/m0/s1. The van der Waals surface area contributed by atoms with Gasteiger partial charge in [0.05, 0.1) is 18.0 Å². The van der Waals surface area contributed by atoms with Crippen molar-refractivity contribution in [2.75, 3.05) is 24.6 Å². The first kappa shape index (κ1) is 19.5. The molecule has 1 aliphatic heterocycles. The second kappa shape index (κ2) is 7.24. The number of rotatable bonds is 3. The van der Waals surface area contributed by atoms with Crippen LogP contribution in [0.4, 0.5) is 19.0 Å². The number of para-hydroxylation sites is 1. The normalized spacial score (nSPS) is 17.8. The lowest BCUT2D eigenvalue weighted by Crippen LogP contribution is -2.42. The van der Waals surface area contributed by atoms with Gasteiger partial charge in [-0.2, -0.15) is 13.2 Å². The van der Waals surface area contributed by atoms with Gasteiger partial charge in [0.25, 0.3) is 0 Å². The summed E-state index contributed by atoms with van der Waals surface area (Å²) in [5, 5.41) is 1.71. The topological polar surface area (TPSA) is 47.4 Å². The predicted octanol–water partition coefficient (Wildman–Crippen LogP) is 4.68. The molecular formula is C21H22F3N3O2. The first-order valence-electron chi connectivity index (χ1n) is 9.68. The van der Waals surface area contributed by atoms with Crippen LogP contribution in [0.15, 0.2) is 30.3 Å². The SMILES string of the molecule is CCOC(=O)c1cc2c3ccccc3n(C)c2nc1N1CCC[C@H](C(F)(F)F)C1. The molecule has 0 N–H and O–H groups in total. The fraction of sp³-hybridized carbons (Fsp3) is 0.429. The van der Waals surface area contributed by atoms with Crippen molar-refractivity contribution in [1.29, 1.82) is 0 Å². The lowest BCUT2D eigenvalue weighted by atomic mass is 9.97. The average Bonchev–Trinajstić information content (AvgIpc) is 2.99. The van der Waals surface area contributed by atoms with Crippen molar-refractivity contribution in [2.24, 2.45) is 13.0 Å². The first-order chi connectivity index (χ1) is 13.8. The number of pyridine rings is 1. The summed E-state index contributed by atoms with van der Waals surface area (Å²) in [5.74, 6) is -1.74. The highest BCUT2D eigenvalue weighted by Gasteiger charge is 2.42. The number of carbonyl (C=O) groups is 1. The minimum absolute atomic E-state index is 0.0883. The molecule has 2 aromatic heterocycles. The summed E-state index contributed by atoms with van der Waals surface area (Å²) in [6.45, 7) is 2.08. The number of carbonyl (C=O) groups excluding carboxylic acids is 1. The number of alkyl halides is 3. The van der Waals surface area contributed by atoms with E-state index >= 15 is 0 Å². The third-order valence-corrected chi connectivity index (χ3v) is 5.53. The quantitative estimate of drug-likeness (QED) is 0.594. The summed E-state index contributed by atoms with van der Waals surface area (Å²) < 4.78 is 47.1. The van der Waals surface area contributed by atoms with Crippen LogP contribution in [0.25, 0.3) is 21.9 Å². The van der Waals surface area contributed by atoms with Crippen LogP contribution < -0.4 is 4.90 Å². The first-order valence-corrected chi connectivity index (χ1v) is 9.68. The van der Waals surface area contributed by atoms with Gasteiger partial charge in [-0.25, -0.2) is 9.78 Å². The van der Waals surface area contributed by atoms with Crippen molar-refractivity contribution in [3.63, 3.8) is 0 Å². The van der Waals surface area contributed by atoms with E-state index in [1.165, 1.54) is 0 Å². The van der Waals surface area contributed by atoms with Gasteiger partial charge in [-0.05, 0) is 31.9 Å². The van der Waals surface area contributed by atoms with E-state index in [9.17, 15) is 18.0 Å². The van der Waals surface area contributed by atoms with E-state index in [2.05, 4.69) is 4.98 Å². The Kier molecular flexibility index (Phi) is 4.88. The van der Waals surface area contributed by atoms with Crippen LogP contribution in [0.2, 0.25) is 0 Å². The number of piperidine rings is 1. The van der Waals surface area contributed by atoms with Gasteiger partial charge >= 0.3 is 12.1 Å². The van der Waals surface area contributed by atoms with Gasteiger partial charge in [-0.15, -0.1) is 0 Å². The van der Waals surface area contributed by atoms with Gasteiger partial charge < -0.3 is 14.2 Å². The molecule has 1 aromatic carbocycles. The highest BCUT2D eigenvalue weighted by Crippen LogP contribution is 2.37. The molecular weight excluding hydrogens is 383 g/mol. The fourth-order valence-electron chi connectivity index (χ4n) is 4.09. The monoisotopic (exact) mass is 405 g/mol. The zero-order chi connectivity index (χ0) is 20.8. The summed E-state index contributed by atoms with van der Waals surface area (Å²) in [6.07, 6.45) is -3.79. The molecule has 4 rings (SSSR count). The molecule has 8 heteroatoms. The summed E-state index contributed by atoms with van der Waals surface area (Å²) >= 11 is 0. The molecule has 5 nitrogen and oxygen atoms in total. The third kappa shape index (κ3) is 3.41. The van der Waals surface area contributed by atoms with Crippen LogP contribution in [0, 0.1) is 5.92 Å². The number of esters is 1. The minimum Gasteiger partial charge on any atom is -0.462 e. The number of nitrogens with zero attached hydrogens (tertiary/aromatic N) is 3. The second-order valence-corrected chi connectivity index (χ2v) is 7.35. The number of halogens is 3. The van der Waals surface area contributed by atoms with Crippen molar-refractivity contribution < 1.29 is 22.7 Å². The summed E-state index contributed by atoms with van der Waals surface area (Å²) in [5.41, 5.74) is 1.77. The molecule has 0 spiro atoms. The highest BCUT2D eigenvalue weighted by molar-refractivity contribution is 6.10. The molecule has 0 amide bonds. The van der Waals surface area contributed by atoms with E-state index in [1.807, 2.05) is 35.9 Å². The van der Waals surface area contributed by atoms with Gasteiger partial charge in [0.2, 0.25) is 0 Å². The number of aryl methyl sites for hydroxylation is 1. The van der Waals surface area contributed by atoms with Crippen LogP contribution in [-0.4, -0.2) is 41.4 Å². The van der Waals surface area contributed by atoms with Crippen LogP contribution in [0.3, 0.4) is 0 Å². The number of fused-ring (bicyclic) bond motifs is 3. The molecule has 0 bridgehead atoms. The van der Waals surface area contributed by atoms with Gasteiger partial charge in [0.15, 0.2) is 0 Å². The lowest BCUT2D eigenvalue weighted by Gasteiger charge is -2.35. The van der Waals surface area contributed by atoms with Gasteiger partial charge in [0, 0.05) is 30.9 Å². The average molecular weight is 405 g/mol. The number of aromatic nitrogens is 2. The zero-order valence-electron chi connectivity index (χ0n) is 16.3. The van der Waals surface area contributed by atoms with Crippen LogP contribution in [0.1, 0.15) is 30.1 Å². The molecule has 0 aliphatic carbocycles. The number of hydrogen-bond donors (Lipinski definition) is 0. The molecule has 3 aromatic rings. The van der Waals surface area contributed by atoms with Crippen molar-refractivity contribution in [1.82, 2.24) is 9.55 Å². The second-order valence-electron chi connectivity index (χ2n) is 7.35. The molecule has 1 fully saturated rings. The number of anilines is 1. The number of benzene rings is 1. The van der Waals surface area contributed by atoms with E-state index in [0.29, 0.717) is 18.6 Å². The van der Waals surface area contributed by atoms with Crippen LogP contribution in [-0.2, 0) is 11.8 Å². The molecule has 154 valence electrons. The Bertz CT molecular complexity index is 1070. The zero-order valence-corrected chi connectivity index (χ0v) is 16.3. The molecule has 0 saturated carbocycles. The molecule has 3 heterocycles. The molecule has 1 saturated heterocycles. The Hall–Kier alpha value is -2.77. The minimum atomic E-state index is -4.27. The van der Waals surface area contributed by atoms with E-state index in [1.54, 1.807) is 17.9 Å². The maximum absolute atomic E-state index is 13.3. The van der Waals surface area contributed by atoms with E-state index in [-0.39, 0.29) is 31.0 Å². The number of hydrogen-bond acceptors (Lipinski definition) is 4. The molecule has 1 atom stereocenters. The van der Waals surface area contributed by atoms with E-state index < -0.39 is 18.1 Å². The lowest BCUT2D eigenvalue weighted by molar-refractivity contribution is -0.176. The Balaban J connectivity index is 1.89. The van der Waals surface area contributed by atoms with Gasteiger partial charge in [0.1, 0.15) is 17.0 Å². The molecule has 0 unspecified atom stereocenters. The van der Waals surface area contributed by atoms with Crippen molar-refractivity contribution >= 4 is 33.7 Å². The maximum atomic E-state index is 13.3. The Labute approximate surface area is 166 Å². The predicted molar refractivity (Wildman–Crippen MR) is 105 cm³/mol. The Morgan fingerprint density at radius 1 is 1.28 bits per heavy atom. The molecule has 0 radical (unpaired) electrons. The number of ether oxygens (including phenoxy) is 1. The molecule has 29 heavy (non-hydrogen) atoms. The Morgan fingerprint density at radius 3 is 2.76 bits per heavy atom. The van der Waals surface area contributed by atoms with Crippen molar-refractivity contribution in [3.05, 3.63) is 35.9 Å². The smallest absolute Gasteiger partial charge is 0.393 e. The fourth-order valence-corrected chi connectivity index (χ4v) is 4.09. The summed E-state index contributed by atoms with van der Waals surface area (Å²) in [6, 6.07) is 9.40. The van der Waals surface area contributed by atoms with E-state index in [0.717, 1.165) is 16.3 Å². The third-order valence-electron chi connectivity index (χ3n) is 5.53. The van der Waals surface area contributed by atoms with Crippen molar-refractivity contribution in [3.8, 4) is 0 Å². The van der Waals surface area contributed by atoms with Gasteiger partial charge in [-0.3, -0.25) is 0 Å². The van der Waals surface area contributed by atoms with Gasteiger partial charge in [-0.1, -0.05) is 18.2 Å². The van der Waals surface area contributed by atoms with Crippen LogP contribution in [0.5, 0.6) is 0 Å². The summed E-state index contributed by atoms with van der Waals surface area (Å²) in [7, 11) is 1.86. The van der Waals surface area contributed by atoms with Crippen LogP contribution >= 0.6 is 0 Å². The maximum Gasteiger partial charge on any atom is 0.393 e. The molecule has 1 aliphatic rings. The van der Waals surface area contributed by atoms with E-state index in [4.69, 9.17) is 4.74 Å². The largest absolute Gasteiger partial charge is 0.462 e. The highest BCUT2D eigenvalue weighted by atomic mass is 19.4. The van der Waals surface area contributed by atoms with Crippen molar-refractivity contribution in [2.45, 2.75) is 25.9 Å².